The van der Waals surface area contributed by atoms with E-state index in [0.29, 0.717) is 16.6 Å². The first kappa shape index (κ1) is 10.4. The Bertz CT molecular complexity index is 481. The lowest BCUT2D eigenvalue weighted by atomic mass is 9.81. The van der Waals surface area contributed by atoms with Gasteiger partial charge in [-0.1, -0.05) is 23.2 Å². The highest BCUT2D eigenvalue weighted by molar-refractivity contribution is 6.42. The zero-order valence-corrected chi connectivity index (χ0v) is 9.95. The van der Waals surface area contributed by atoms with E-state index in [4.69, 9.17) is 23.2 Å². The summed E-state index contributed by atoms with van der Waals surface area (Å²) in [5.41, 5.74) is 1.32. The highest BCUT2D eigenvalue weighted by atomic mass is 35.5. The average molecular weight is 257 g/mol. The Labute approximate surface area is 103 Å². The molecule has 0 saturated carbocycles. The summed E-state index contributed by atoms with van der Waals surface area (Å²) in [5, 5.41) is 7.08. The van der Waals surface area contributed by atoms with Crippen LogP contribution in [0.25, 0.3) is 0 Å². The Hall–Kier alpha value is -0.770. The average Bonchev–Trinajstić information content (AvgIpc) is 2.80. The number of rotatable bonds is 0. The fourth-order valence-corrected chi connectivity index (χ4v) is 2.85. The first-order chi connectivity index (χ1) is 7.63. The van der Waals surface area contributed by atoms with Crippen molar-refractivity contribution in [2.24, 2.45) is 0 Å². The maximum Gasteiger partial charge on any atom is 0.236 e. The minimum absolute atomic E-state index is 0.0471. The quantitative estimate of drug-likeness (QED) is 0.747. The number of amides is 1. The van der Waals surface area contributed by atoms with Crippen LogP contribution in [0.15, 0.2) is 12.1 Å². The topological polar surface area (TPSA) is 41.1 Å². The third-order valence-electron chi connectivity index (χ3n) is 3.41. The largest absolute Gasteiger partial charge is 0.325 e. The van der Waals surface area contributed by atoms with Crippen LogP contribution in [0.5, 0.6) is 0 Å². The summed E-state index contributed by atoms with van der Waals surface area (Å²) in [5.74, 6) is 0.0471. The summed E-state index contributed by atoms with van der Waals surface area (Å²) in [6.45, 7) is 1.52. The maximum absolute atomic E-state index is 12.0. The third-order valence-corrected chi connectivity index (χ3v) is 4.14. The maximum atomic E-state index is 12.0. The molecule has 2 heterocycles. The van der Waals surface area contributed by atoms with E-state index in [1.54, 1.807) is 6.07 Å². The summed E-state index contributed by atoms with van der Waals surface area (Å²) in [4.78, 5) is 12.0. The van der Waals surface area contributed by atoms with E-state index in [2.05, 4.69) is 10.6 Å². The van der Waals surface area contributed by atoms with Crippen molar-refractivity contribution in [2.45, 2.75) is 11.8 Å². The van der Waals surface area contributed by atoms with Gasteiger partial charge in [0.1, 0.15) is 0 Å². The van der Waals surface area contributed by atoms with Crippen molar-refractivity contribution in [1.29, 1.82) is 0 Å². The molecule has 0 radical (unpaired) electrons. The van der Waals surface area contributed by atoms with E-state index in [1.165, 1.54) is 0 Å². The van der Waals surface area contributed by atoms with E-state index in [0.717, 1.165) is 24.2 Å². The molecule has 0 aliphatic carbocycles. The highest BCUT2D eigenvalue weighted by Gasteiger charge is 2.48. The normalized spacial score (nSPS) is 27.2. The molecule has 2 N–H and O–H groups in total. The Morgan fingerprint density at radius 1 is 1.25 bits per heavy atom. The van der Waals surface area contributed by atoms with Gasteiger partial charge in [-0.05, 0) is 30.7 Å². The number of benzene rings is 1. The zero-order valence-electron chi connectivity index (χ0n) is 8.44. The Morgan fingerprint density at radius 3 is 2.69 bits per heavy atom. The molecular formula is C11H10Cl2N2O. The number of halogens is 2. The van der Waals surface area contributed by atoms with Gasteiger partial charge in [-0.2, -0.15) is 0 Å². The summed E-state index contributed by atoms with van der Waals surface area (Å²) in [6.07, 6.45) is 0.809. The van der Waals surface area contributed by atoms with Gasteiger partial charge in [0.2, 0.25) is 5.91 Å². The van der Waals surface area contributed by atoms with Gasteiger partial charge in [-0.25, -0.2) is 0 Å². The van der Waals surface area contributed by atoms with Crippen molar-refractivity contribution in [1.82, 2.24) is 5.32 Å². The van der Waals surface area contributed by atoms with Crippen LogP contribution in [0.2, 0.25) is 10.0 Å². The van der Waals surface area contributed by atoms with Crippen LogP contribution in [-0.4, -0.2) is 19.0 Å². The molecule has 1 saturated heterocycles. The lowest BCUT2D eigenvalue weighted by Gasteiger charge is -2.19. The van der Waals surface area contributed by atoms with Gasteiger partial charge in [0.25, 0.3) is 0 Å². The first-order valence-electron chi connectivity index (χ1n) is 5.15. The first-order valence-corrected chi connectivity index (χ1v) is 5.91. The van der Waals surface area contributed by atoms with E-state index < -0.39 is 5.41 Å². The van der Waals surface area contributed by atoms with Crippen molar-refractivity contribution in [3.05, 3.63) is 27.7 Å². The molecule has 5 heteroatoms. The van der Waals surface area contributed by atoms with E-state index in [-0.39, 0.29) is 5.91 Å². The predicted octanol–water partition coefficient (Wildman–Crippen LogP) is 2.18. The molecule has 3 nitrogen and oxygen atoms in total. The monoisotopic (exact) mass is 256 g/mol. The zero-order chi connectivity index (χ0) is 11.3. The van der Waals surface area contributed by atoms with Crippen LogP contribution in [0.1, 0.15) is 12.0 Å². The van der Waals surface area contributed by atoms with E-state index >= 15 is 0 Å². The smallest absolute Gasteiger partial charge is 0.236 e. The minimum atomic E-state index is -0.441. The minimum Gasteiger partial charge on any atom is -0.325 e. The molecule has 84 valence electrons. The second kappa shape index (κ2) is 3.36. The third kappa shape index (κ3) is 1.22. The molecule has 1 amide bonds. The van der Waals surface area contributed by atoms with Crippen LogP contribution >= 0.6 is 23.2 Å². The van der Waals surface area contributed by atoms with Crippen molar-refractivity contribution >= 4 is 34.8 Å². The molecule has 1 atom stereocenters. The molecule has 1 aromatic carbocycles. The predicted molar refractivity (Wildman–Crippen MR) is 64.3 cm³/mol. The second-order valence-corrected chi connectivity index (χ2v) is 5.09. The number of nitrogens with one attached hydrogen (secondary N) is 2. The molecule has 2 aliphatic rings. The van der Waals surface area contributed by atoms with E-state index in [9.17, 15) is 4.79 Å². The van der Waals surface area contributed by atoms with E-state index in [1.807, 2.05) is 6.07 Å². The van der Waals surface area contributed by atoms with Gasteiger partial charge in [0, 0.05) is 12.2 Å². The fraction of sp³-hybridized carbons (Fsp3) is 0.364. The van der Waals surface area contributed by atoms with Crippen molar-refractivity contribution in [2.75, 3.05) is 18.4 Å². The fourth-order valence-electron chi connectivity index (χ4n) is 2.53. The van der Waals surface area contributed by atoms with Crippen LogP contribution in [0.3, 0.4) is 0 Å². The summed E-state index contributed by atoms with van der Waals surface area (Å²) in [7, 11) is 0. The molecule has 1 aromatic rings. The summed E-state index contributed by atoms with van der Waals surface area (Å²) in [6, 6.07) is 3.54. The number of anilines is 1. The lowest BCUT2D eigenvalue weighted by Crippen LogP contribution is -2.36. The van der Waals surface area contributed by atoms with Gasteiger partial charge in [-0.3, -0.25) is 4.79 Å². The second-order valence-electron chi connectivity index (χ2n) is 4.27. The Kier molecular flexibility index (Phi) is 2.18. The van der Waals surface area contributed by atoms with Gasteiger partial charge in [-0.15, -0.1) is 0 Å². The van der Waals surface area contributed by atoms with Gasteiger partial charge < -0.3 is 10.6 Å². The number of hydrogen-bond donors (Lipinski definition) is 2. The standard InChI is InChI=1S/C11H10Cl2N2O/c12-7-3-6-9(4-8(7)13)15-10(16)11(6)1-2-14-5-11/h3-4,14H,1-2,5H2,(H,15,16)/t11-/m1/s1. The van der Waals surface area contributed by atoms with Gasteiger partial charge in [0.05, 0.1) is 15.5 Å². The van der Waals surface area contributed by atoms with Gasteiger partial charge >= 0.3 is 0 Å². The van der Waals surface area contributed by atoms with Crippen molar-refractivity contribution in [3.63, 3.8) is 0 Å². The molecule has 1 spiro atoms. The van der Waals surface area contributed by atoms with Crippen LogP contribution < -0.4 is 10.6 Å². The molecule has 16 heavy (non-hydrogen) atoms. The van der Waals surface area contributed by atoms with Crippen molar-refractivity contribution in [3.8, 4) is 0 Å². The molecule has 0 unspecified atom stereocenters. The number of fused-ring (bicyclic) bond motifs is 2. The molecule has 0 aromatic heterocycles. The van der Waals surface area contributed by atoms with Crippen LogP contribution in [0.4, 0.5) is 5.69 Å². The number of carbonyl (C=O) groups is 1. The number of hydrogen-bond acceptors (Lipinski definition) is 2. The molecule has 3 rings (SSSR count). The summed E-state index contributed by atoms with van der Waals surface area (Å²) < 4.78 is 0. The summed E-state index contributed by atoms with van der Waals surface area (Å²) >= 11 is 11.9. The van der Waals surface area contributed by atoms with Crippen LogP contribution in [0, 0.1) is 0 Å². The highest BCUT2D eigenvalue weighted by Crippen LogP contribution is 2.44. The van der Waals surface area contributed by atoms with Crippen molar-refractivity contribution < 1.29 is 4.79 Å². The Morgan fingerprint density at radius 2 is 2.00 bits per heavy atom. The molecule has 0 bridgehead atoms. The molecule has 1 fully saturated rings. The SMILES string of the molecule is O=C1Nc2cc(Cl)c(Cl)cc2[C@]12CCNC2. The molecular weight excluding hydrogens is 247 g/mol. The van der Waals surface area contributed by atoms with Crippen LogP contribution in [-0.2, 0) is 10.2 Å². The Balaban J connectivity index is 2.20. The lowest BCUT2D eigenvalue weighted by molar-refractivity contribution is -0.120. The van der Waals surface area contributed by atoms with Gasteiger partial charge in [0.15, 0.2) is 0 Å². The number of carbonyl (C=O) groups excluding carboxylic acids is 1. The molecule has 2 aliphatic heterocycles.